The Morgan fingerprint density at radius 3 is 2.34 bits per heavy atom. The van der Waals surface area contributed by atoms with Gasteiger partial charge in [-0.3, -0.25) is 9.62 Å². The van der Waals surface area contributed by atoms with Crippen molar-refractivity contribution in [3.8, 4) is 5.75 Å². The van der Waals surface area contributed by atoms with Crippen molar-refractivity contribution in [2.75, 3.05) is 42.9 Å². The number of methoxy groups -OCH3 is 1. The molecule has 8 nitrogen and oxygen atoms in total. The number of piperazine rings is 1. The number of benzene rings is 3. The summed E-state index contributed by atoms with van der Waals surface area (Å²) in [6, 6.07) is 21.1. The predicted octanol–water partition coefficient (Wildman–Crippen LogP) is 3.76. The molecular formula is C26H27N5O3S. The molecule has 4 aromatic rings. The molecule has 0 unspecified atom stereocenters. The Bertz CT molecular complexity index is 1400. The molecule has 0 atom stereocenters. The van der Waals surface area contributed by atoms with Gasteiger partial charge in [-0.25, -0.2) is 18.4 Å². The van der Waals surface area contributed by atoms with E-state index in [0.29, 0.717) is 0 Å². The quantitative estimate of drug-likeness (QED) is 0.423. The van der Waals surface area contributed by atoms with Crippen LogP contribution in [0.15, 0.2) is 84.1 Å². The minimum atomic E-state index is -3.70. The zero-order valence-corrected chi connectivity index (χ0v) is 20.3. The van der Waals surface area contributed by atoms with Crippen molar-refractivity contribution >= 4 is 32.3 Å². The van der Waals surface area contributed by atoms with E-state index < -0.39 is 10.0 Å². The van der Waals surface area contributed by atoms with Crippen LogP contribution in [0.1, 0.15) is 5.56 Å². The van der Waals surface area contributed by atoms with Gasteiger partial charge in [0.2, 0.25) is 0 Å². The summed E-state index contributed by atoms with van der Waals surface area (Å²) in [6.45, 7) is 4.48. The second kappa shape index (κ2) is 9.89. The zero-order chi connectivity index (χ0) is 24.3. The lowest BCUT2D eigenvalue weighted by atomic mass is 10.0. The molecular weight excluding hydrogens is 462 g/mol. The molecule has 9 heteroatoms. The lowest BCUT2D eigenvalue weighted by Crippen LogP contribution is -2.46. The van der Waals surface area contributed by atoms with Crippen LogP contribution in [0.2, 0.25) is 0 Å². The molecule has 0 saturated carbocycles. The number of hydrogen-bond acceptors (Lipinski definition) is 7. The highest BCUT2D eigenvalue weighted by atomic mass is 32.2. The number of rotatable bonds is 7. The Balaban J connectivity index is 1.22. The van der Waals surface area contributed by atoms with Crippen molar-refractivity contribution < 1.29 is 13.2 Å². The van der Waals surface area contributed by atoms with Gasteiger partial charge in [0, 0.05) is 50.0 Å². The first kappa shape index (κ1) is 23.1. The summed E-state index contributed by atoms with van der Waals surface area (Å²) in [7, 11) is -2.00. The number of aromatic nitrogens is 2. The lowest BCUT2D eigenvalue weighted by molar-refractivity contribution is 0.250. The van der Waals surface area contributed by atoms with Crippen LogP contribution in [0.5, 0.6) is 5.75 Å². The molecule has 180 valence electrons. The third kappa shape index (κ3) is 5.06. The van der Waals surface area contributed by atoms with E-state index in [0.717, 1.165) is 49.5 Å². The van der Waals surface area contributed by atoms with Crippen LogP contribution in [0, 0.1) is 0 Å². The first-order valence-electron chi connectivity index (χ1n) is 11.4. The third-order valence-corrected chi connectivity index (χ3v) is 7.66. The van der Waals surface area contributed by atoms with Crippen LogP contribution in [-0.2, 0) is 16.6 Å². The van der Waals surface area contributed by atoms with Crippen molar-refractivity contribution in [3.05, 3.63) is 84.8 Å². The molecule has 1 N–H and O–H groups in total. The maximum absolute atomic E-state index is 12.6. The summed E-state index contributed by atoms with van der Waals surface area (Å²) >= 11 is 0. The van der Waals surface area contributed by atoms with Gasteiger partial charge in [0.1, 0.15) is 17.9 Å². The Hall–Kier alpha value is -3.69. The molecule has 1 aromatic heterocycles. The fourth-order valence-electron chi connectivity index (χ4n) is 4.44. The SMILES string of the molecule is COc1ccc(CN2CCN(c3ccc(S(=O)(=O)Nc4ccncn4)cc3)CC2)c2ccccc12. The number of nitrogens with zero attached hydrogens (tertiary/aromatic N) is 4. The Morgan fingerprint density at radius 1 is 0.914 bits per heavy atom. The van der Waals surface area contributed by atoms with E-state index in [1.165, 1.54) is 29.5 Å². The summed E-state index contributed by atoms with van der Waals surface area (Å²) in [6.07, 6.45) is 2.79. The molecule has 0 amide bonds. The molecule has 1 saturated heterocycles. The van der Waals surface area contributed by atoms with Crippen molar-refractivity contribution in [1.82, 2.24) is 14.9 Å². The average Bonchev–Trinajstić information content (AvgIpc) is 2.90. The first-order valence-corrected chi connectivity index (χ1v) is 12.9. The molecule has 1 fully saturated rings. The minimum absolute atomic E-state index is 0.199. The van der Waals surface area contributed by atoms with Gasteiger partial charge in [0.15, 0.2) is 0 Å². The predicted molar refractivity (Wildman–Crippen MR) is 137 cm³/mol. The molecule has 1 aliphatic rings. The summed E-state index contributed by atoms with van der Waals surface area (Å²) in [5, 5.41) is 2.36. The Morgan fingerprint density at radius 2 is 1.66 bits per heavy atom. The standard InChI is InChI=1S/C26H27N5O3S/c1-34-25-11-6-20(23-4-2-3-5-24(23)25)18-30-14-16-31(17-15-30)21-7-9-22(10-8-21)35(32,33)29-26-12-13-27-19-28-26/h2-13,19H,14-18H2,1H3,(H,27,28,29). The first-order chi connectivity index (χ1) is 17.0. The number of fused-ring (bicyclic) bond motifs is 1. The summed E-state index contributed by atoms with van der Waals surface area (Å²) in [4.78, 5) is 12.7. The van der Waals surface area contributed by atoms with Gasteiger partial charge in [0.05, 0.1) is 12.0 Å². The molecule has 0 spiro atoms. The third-order valence-electron chi connectivity index (χ3n) is 6.29. The second-order valence-corrected chi connectivity index (χ2v) is 10.1. The van der Waals surface area contributed by atoms with Crippen molar-refractivity contribution in [1.29, 1.82) is 0 Å². The van der Waals surface area contributed by atoms with Gasteiger partial charge in [-0.05, 0) is 47.3 Å². The fourth-order valence-corrected chi connectivity index (χ4v) is 5.45. The zero-order valence-electron chi connectivity index (χ0n) is 19.5. The molecule has 35 heavy (non-hydrogen) atoms. The van der Waals surface area contributed by atoms with E-state index in [1.54, 1.807) is 19.2 Å². The molecule has 3 aromatic carbocycles. The van der Waals surface area contributed by atoms with Gasteiger partial charge >= 0.3 is 0 Å². The molecule has 1 aliphatic heterocycles. The maximum Gasteiger partial charge on any atom is 0.263 e. The fraction of sp³-hybridized carbons (Fsp3) is 0.231. The molecule has 5 rings (SSSR count). The largest absolute Gasteiger partial charge is 0.496 e. The van der Waals surface area contributed by atoms with Crippen molar-refractivity contribution in [3.63, 3.8) is 0 Å². The monoisotopic (exact) mass is 489 g/mol. The van der Waals surface area contributed by atoms with Crippen LogP contribution in [0.4, 0.5) is 11.5 Å². The average molecular weight is 490 g/mol. The summed E-state index contributed by atoms with van der Waals surface area (Å²) < 4.78 is 33.3. The van der Waals surface area contributed by atoms with Gasteiger partial charge in [-0.2, -0.15) is 0 Å². The van der Waals surface area contributed by atoms with Crippen molar-refractivity contribution in [2.45, 2.75) is 11.4 Å². The number of sulfonamides is 1. The van der Waals surface area contributed by atoms with Gasteiger partial charge in [-0.15, -0.1) is 0 Å². The summed E-state index contributed by atoms with van der Waals surface area (Å²) in [5.74, 6) is 1.14. The topological polar surface area (TPSA) is 87.7 Å². The summed E-state index contributed by atoms with van der Waals surface area (Å²) in [5.41, 5.74) is 2.31. The molecule has 0 aliphatic carbocycles. The van der Waals surface area contributed by atoms with E-state index in [-0.39, 0.29) is 10.7 Å². The Labute approximate surface area is 205 Å². The number of hydrogen-bond donors (Lipinski definition) is 1. The van der Waals surface area contributed by atoms with E-state index in [1.807, 2.05) is 24.3 Å². The van der Waals surface area contributed by atoms with Gasteiger partial charge in [0.25, 0.3) is 10.0 Å². The second-order valence-electron chi connectivity index (χ2n) is 8.43. The van der Waals surface area contributed by atoms with E-state index in [9.17, 15) is 8.42 Å². The highest BCUT2D eigenvalue weighted by Gasteiger charge is 2.20. The van der Waals surface area contributed by atoms with Crippen LogP contribution >= 0.6 is 0 Å². The number of nitrogens with one attached hydrogen (secondary N) is 1. The molecule has 0 radical (unpaired) electrons. The number of anilines is 2. The number of ether oxygens (including phenoxy) is 1. The lowest BCUT2D eigenvalue weighted by Gasteiger charge is -2.36. The Kier molecular flexibility index (Phi) is 6.52. The van der Waals surface area contributed by atoms with Crippen molar-refractivity contribution in [2.24, 2.45) is 0 Å². The van der Waals surface area contributed by atoms with Gasteiger partial charge in [-0.1, -0.05) is 30.3 Å². The normalized spacial score (nSPS) is 14.7. The highest BCUT2D eigenvalue weighted by molar-refractivity contribution is 7.92. The van der Waals surface area contributed by atoms with Gasteiger partial charge < -0.3 is 9.64 Å². The van der Waals surface area contributed by atoms with Crippen LogP contribution in [0.3, 0.4) is 0 Å². The maximum atomic E-state index is 12.6. The van der Waals surface area contributed by atoms with Crippen LogP contribution in [0.25, 0.3) is 10.8 Å². The van der Waals surface area contributed by atoms with Crippen LogP contribution < -0.4 is 14.4 Å². The highest BCUT2D eigenvalue weighted by Crippen LogP contribution is 2.29. The van der Waals surface area contributed by atoms with E-state index in [4.69, 9.17) is 4.74 Å². The van der Waals surface area contributed by atoms with E-state index >= 15 is 0 Å². The minimum Gasteiger partial charge on any atom is -0.496 e. The van der Waals surface area contributed by atoms with E-state index in [2.05, 4.69) is 48.8 Å². The smallest absolute Gasteiger partial charge is 0.263 e. The van der Waals surface area contributed by atoms with Crippen LogP contribution in [-0.4, -0.2) is 56.6 Å². The molecule has 0 bridgehead atoms. The molecule has 2 heterocycles.